The first-order valence-corrected chi connectivity index (χ1v) is 4.30. The number of nitrogens with one attached hydrogen (secondary N) is 1. The Morgan fingerprint density at radius 1 is 1.27 bits per heavy atom. The van der Waals surface area contributed by atoms with Crippen LogP contribution in [0.15, 0.2) is 41.5 Å². The smallest absolute Gasteiger partial charge is 0.254 e. The molecule has 0 fully saturated rings. The van der Waals surface area contributed by atoms with Gasteiger partial charge >= 0.3 is 0 Å². The fraction of sp³-hybridized carbons (Fsp3) is 0.100. The van der Waals surface area contributed by atoms with Gasteiger partial charge in [-0.3, -0.25) is 9.78 Å². The number of hydrogen-bond acceptors (Lipinski definition) is 4. The average molecular weight is 205 g/mol. The minimum atomic E-state index is -0.333. The van der Waals surface area contributed by atoms with E-state index >= 15 is 0 Å². The van der Waals surface area contributed by atoms with Crippen LogP contribution in [0, 0.1) is 6.92 Å². The van der Waals surface area contributed by atoms with Crippen LogP contribution in [0.3, 0.4) is 0 Å². The molecule has 0 spiro atoms. The number of aromatic amines is 1. The van der Waals surface area contributed by atoms with E-state index in [1.807, 2.05) is 18.2 Å². The van der Waals surface area contributed by atoms with E-state index in [1.54, 1.807) is 19.3 Å². The van der Waals surface area contributed by atoms with Crippen LogP contribution < -0.4 is 5.56 Å². The van der Waals surface area contributed by atoms with Gasteiger partial charge in [0.15, 0.2) is 0 Å². The van der Waals surface area contributed by atoms with Gasteiger partial charge in [0.25, 0.3) is 5.56 Å². The third-order valence-corrected chi connectivity index (χ3v) is 1.41. The summed E-state index contributed by atoms with van der Waals surface area (Å²) >= 11 is 0. The second-order valence-electron chi connectivity index (χ2n) is 2.71. The molecule has 78 valence electrons. The van der Waals surface area contributed by atoms with E-state index in [0.717, 1.165) is 6.07 Å². The second-order valence-corrected chi connectivity index (χ2v) is 2.71. The molecule has 2 N–H and O–H groups in total. The molecule has 0 radical (unpaired) electrons. The summed E-state index contributed by atoms with van der Waals surface area (Å²) < 4.78 is 0. The van der Waals surface area contributed by atoms with Gasteiger partial charge in [-0.1, -0.05) is 6.07 Å². The second kappa shape index (κ2) is 5.54. The van der Waals surface area contributed by atoms with Crippen LogP contribution in [-0.2, 0) is 0 Å². The number of aryl methyl sites for hydroxylation is 1. The summed E-state index contributed by atoms with van der Waals surface area (Å²) in [7, 11) is 0. The standard InChI is InChI=1S/C5H6N2O2.C5H5N/c1-3-6-4(8)2-5(9)7-3;1-2-4-6-5-3-1/h2H,1H3,(H2,6,7,8,9);1-5H. The van der Waals surface area contributed by atoms with Crippen LogP contribution in [0.4, 0.5) is 0 Å². The quantitative estimate of drug-likeness (QED) is 0.668. The molecule has 0 aliphatic carbocycles. The third kappa shape index (κ3) is 4.56. The largest absolute Gasteiger partial charge is 0.493 e. The van der Waals surface area contributed by atoms with Crippen LogP contribution in [-0.4, -0.2) is 20.1 Å². The highest BCUT2D eigenvalue weighted by Crippen LogP contribution is 1.94. The molecule has 0 saturated heterocycles. The van der Waals surface area contributed by atoms with Gasteiger partial charge in [-0.15, -0.1) is 0 Å². The molecule has 0 unspecified atom stereocenters. The van der Waals surface area contributed by atoms with Crippen LogP contribution in [0.2, 0.25) is 0 Å². The van der Waals surface area contributed by atoms with Crippen molar-refractivity contribution in [2.45, 2.75) is 6.92 Å². The molecule has 5 nitrogen and oxygen atoms in total. The summed E-state index contributed by atoms with van der Waals surface area (Å²) in [5.74, 6) is 0.177. The van der Waals surface area contributed by atoms with Crippen molar-refractivity contribution in [1.82, 2.24) is 15.0 Å². The van der Waals surface area contributed by atoms with Crippen molar-refractivity contribution in [3.05, 3.63) is 52.8 Å². The van der Waals surface area contributed by atoms with Gasteiger partial charge in [0.2, 0.25) is 5.88 Å². The minimum Gasteiger partial charge on any atom is -0.493 e. The normalized spacial score (nSPS) is 8.87. The molecule has 0 aromatic carbocycles. The zero-order valence-electron chi connectivity index (χ0n) is 8.21. The minimum absolute atomic E-state index is 0.240. The van der Waals surface area contributed by atoms with Gasteiger partial charge in [-0.25, -0.2) is 4.98 Å². The molecule has 0 aliphatic rings. The predicted molar refractivity (Wildman–Crippen MR) is 55.5 cm³/mol. The highest BCUT2D eigenvalue weighted by atomic mass is 16.3. The Bertz CT molecular complexity index is 404. The van der Waals surface area contributed by atoms with Crippen LogP contribution in [0.25, 0.3) is 0 Å². The van der Waals surface area contributed by atoms with Gasteiger partial charge in [-0.2, -0.15) is 0 Å². The van der Waals surface area contributed by atoms with E-state index < -0.39 is 0 Å². The Morgan fingerprint density at radius 2 is 1.93 bits per heavy atom. The van der Waals surface area contributed by atoms with E-state index in [1.165, 1.54) is 0 Å². The molecule has 5 heteroatoms. The SMILES string of the molecule is Cc1nc(O)cc(=O)[nH]1.c1ccncc1. The molecular weight excluding hydrogens is 194 g/mol. The van der Waals surface area contributed by atoms with Crippen molar-refractivity contribution in [3.8, 4) is 5.88 Å². The number of pyridine rings is 1. The first kappa shape index (κ1) is 10.9. The van der Waals surface area contributed by atoms with Gasteiger partial charge < -0.3 is 10.1 Å². The highest BCUT2D eigenvalue weighted by molar-refractivity contribution is 5.05. The highest BCUT2D eigenvalue weighted by Gasteiger charge is 1.91. The summed E-state index contributed by atoms with van der Waals surface area (Å²) in [6, 6.07) is 6.74. The summed E-state index contributed by atoms with van der Waals surface area (Å²) in [6.45, 7) is 1.60. The molecule has 2 aromatic rings. The van der Waals surface area contributed by atoms with Crippen molar-refractivity contribution in [2.24, 2.45) is 0 Å². The Kier molecular flexibility index (Phi) is 4.03. The van der Waals surface area contributed by atoms with Crippen LogP contribution in [0.5, 0.6) is 5.88 Å². The lowest BCUT2D eigenvalue weighted by Gasteiger charge is -1.89. The van der Waals surface area contributed by atoms with E-state index in [-0.39, 0.29) is 11.4 Å². The summed E-state index contributed by atoms with van der Waals surface area (Å²) in [5.41, 5.74) is -0.333. The Labute approximate surface area is 86.5 Å². The van der Waals surface area contributed by atoms with Gasteiger partial charge in [-0.05, 0) is 19.1 Å². The molecule has 0 bridgehead atoms. The van der Waals surface area contributed by atoms with Crippen molar-refractivity contribution in [1.29, 1.82) is 0 Å². The van der Waals surface area contributed by atoms with E-state index in [4.69, 9.17) is 5.11 Å². The van der Waals surface area contributed by atoms with E-state index in [2.05, 4.69) is 15.0 Å². The monoisotopic (exact) mass is 205 g/mol. The fourth-order valence-electron chi connectivity index (χ4n) is 0.876. The first-order valence-electron chi connectivity index (χ1n) is 4.30. The third-order valence-electron chi connectivity index (χ3n) is 1.41. The molecule has 0 amide bonds. The predicted octanol–water partition coefficient (Wildman–Crippen LogP) is 0.866. The maximum atomic E-state index is 10.5. The zero-order valence-corrected chi connectivity index (χ0v) is 8.21. The molecule has 2 rings (SSSR count). The van der Waals surface area contributed by atoms with E-state index in [9.17, 15) is 4.79 Å². The van der Waals surface area contributed by atoms with E-state index in [0.29, 0.717) is 5.82 Å². The molecule has 0 atom stereocenters. The van der Waals surface area contributed by atoms with Crippen LogP contribution >= 0.6 is 0 Å². The number of nitrogens with zero attached hydrogens (tertiary/aromatic N) is 2. The average Bonchev–Trinajstić information content (AvgIpc) is 2.19. The zero-order chi connectivity index (χ0) is 11.1. The lowest BCUT2D eigenvalue weighted by atomic mass is 10.5. The molecule has 15 heavy (non-hydrogen) atoms. The molecule has 2 aromatic heterocycles. The molecular formula is C10H11N3O2. The van der Waals surface area contributed by atoms with Gasteiger partial charge in [0.1, 0.15) is 5.82 Å². The Hall–Kier alpha value is -2.17. The number of aromatic nitrogens is 3. The summed E-state index contributed by atoms with van der Waals surface area (Å²) in [5, 5.41) is 8.66. The lowest BCUT2D eigenvalue weighted by molar-refractivity contribution is 0.449. The van der Waals surface area contributed by atoms with Crippen molar-refractivity contribution in [2.75, 3.05) is 0 Å². The number of hydrogen-bond donors (Lipinski definition) is 2. The molecule has 0 aliphatic heterocycles. The number of H-pyrrole nitrogens is 1. The maximum absolute atomic E-state index is 10.5. The Balaban J connectivity index is 0.000000162. The summed E-state index contributed by atoms with van der Waals surface area (Å²) in [4.78, 5) is 20.2. The lowest BCUT2D eigenvalue weighted by Crippen LogP contribution is -2.06. The Morgan fingerprint density at radius 3 is 2.27 bits per heavy atom. The van der Waals surface area contributed by atoms with Crippen molar-refractivity contribution < 1.29 is 5.11 Å². The number of aromatic hydroxyl groups is 1. The van der Waals surface area contributed by atoms with Crippen LogP contribution in [0.1, 0.15) is 5.82 Å². The topological polar surface area (TPSA) is 78.9 Å². The fourth-order valence-corrected chi connectivity index (χ4v) is 0.876. The molecule has 2 heterocycles. The molecule has 0 saturated carbocycles. The summed E-state index contributed by atoms with van der Waals surface area (Å²) in [6.07, 6.45) is 3.50. The number of rotatable bonds is 0. The van der Waals surface area contributed by atoms with Crippen molar-refractivity contribution in [3.63, 3.8) is 0 Å². The van der Waals surface area contributed by atoms with Gasteiger partial charge in [0.05, 0.1) is 6.07 Å². The maximum Gasteiger partial charge on any atom is 0.254 e. The van der Waals surface area contributed by atoms with Gasteiger partial charge in [0, 0.05) is 12.4 Å². The first-order chi connectivity index (χ1) is 7.18. The van der Waals surface area contributed by atoms with Crippen molar-refractivity contribution >= 4 is 0 Å².